The van der Waals surface area contributed by atoms with E-state index in [2.05, 4.69) is 26.7 Å². The third-order valence-electron chi connectivity index (χ3n) is 4.11. The Morgan fingerprint density at radius 1 is 1.12 bits per heavy atom. The number of rotatable bonds is 4. The van der Waals surface area contributed by atoms with Crippen LogP contribution >= 0.6 is 11.3 Å². The fourth-order valence-corrected chi connectivity index (χ4v) is 3.45. The van der Waals surface area contributed by atoms with Gasteiger partial charge in [0.05, 0.1) is 22.9 Å². The van der Waals surface area contributed by atoms with Crippen LogP contribution in [0.5, 0.6) is 0 Å². The van der Waals surface area contributed by atoms with Gasteiger partial charge in [-0.05, 0) is 37.6 Å². The van der Waals surface area contributed by atoms with E-state index in [9.17, 15) is 4.79 Å². The Kier molecular flexibility index (Phi) is 4.26. The lowest BCUT2D eigenvalue weighted by Crippen LogP contribution is -2.17. The van der Waals surface area contributed by atoms with Crippen LogP contribution < -0.4 is 10.9 Å². The zero-order valence-electron chi connectivity index (χ0n) is 14.6. The van der Waals surface area contributed by atoms with Crippen LogP contribution in [-0.4, -0.2) is 14.4 Å². The molecular weight excluding hydrogens is 344 g/mol. The van der Waals surface area contributed by atoms with Gasteiger partial charge in [-0.25, -0.2) is 9.97 Å². The average Bonchev–Trinajstić information content (AvgIpc) is 3.07. The van der Waals surface area contributed by atoms with E-state index in [1.807, 2.05) is 44.2 Å². The van der Waals surface area contributed by atoms with Gasteiger partial charge < -0.3 is 5.32 Å². The summed E-state index contributed by atoms with van der Waals surface area (Å²) in [5.74, 6) is 0. The van der Waals surface area contributed by atoms with Crippen LogP contribution in [0.3, 0.4) is 0 Å². The molecule has 0 radical (unpaired) electrons. The summed E-state index contributed by atoms with van der Waals surface area (Å²) in [6.45, 7) is 4.44. The van der Waals surface area contributed by atoms with Crippen LogP contribution in [0.15, 0.2) is 58.8 Å². The maximum absolute atomic E-state index is 12.3. The Labute approximate surface area is 155 Å². The maximum Gasteiger partial charge on any atom is 0.258 e. The monoisotopic (exact) mass is 362 g/mol. The molecule has 6 heteroatoms. The van der Waals surface area contributed by atoms with Crippen molar-refractivity contribution in [3.05, 3.63) is 80.7 Å². The summed E-state index contributed by atoms with van der Waals surface area (Å²) in [6.07, 6.45) is 1.81. The number of nitrogens with one attached hydrogen (secondary N) is 1. The molecule has 0 saturated heterocycles. The Balaban J connectivity index is 1.57. The Morgan fingerprint density at radius 3 is 2.81 bits per heavy atom. The van der Waals surface area contributed by atoms with Gasteiger partial charge in [0.15, 0.2) is 0 Å². The summed E-state index contributed by atoms with van der Waals surface area (Å²) in [6, 6.07) is 13.5. The minimum Gasteiger partial charge on any atom is -0.379 e. The summed E-state index contributed by atoms with van der Waals surface area (Å²) < 4.78 is 1.57. The van der Waals surface area contributed by atoms with Crippen molar-refractivity contribution in [2.24, 2.45) is 0 Å². The van der Waals surface area contributed by atoms with E-state index in [1.54, 1.807) is 28.0 Å². The molecule has 1 N–H and O–H groups in total. The van der Waals surface area contributed by atoms with Crippen LogP contribution in [-0.2, 0) is 6.54 Å². The first-order chi connectivity index (χ1) is 12.6. The van der Waals surface area contributed by atoms with Gasteiger partial charge in [0, 0.05) is 28.9 Å². The van der Waals surface area contributed by atoms with Gasteiger partial charge in [0.2, 0.25) is 0 Å². The van der Waals surface area contributed by atoms with Crippen molar-refractivity contribution in [3.63, 3.8) is 0 Å². The first-order valence-electron chi connectivity index (χ1n) is 8.34. The number of hydrogen-bond donors (Lipinski definition) is 1. The van der Waals surface area contributed by atoms with Gasteiger partial charge in [-0.15, -0.1) is 11.3 Å². The molecule has 3 aromatic heterocycles. The minimum atomic E-state index is -0.0674. The summed E-state index contributed by atoms with van der Waals surface area (Å²) in [7, 11) is 0. The molecular formula is C20H18N4OS. The third-order valence-corrected chi connectivity index (χ3v) is 4.89. The molecule has 130 valence electrons. The van der Waals surface area contributed by atoms with Crippen molar-refractivity contribution in [3.8, 4) is 11.3 Å². The molecule has 0 aliphatic rings. The number of fused-ring (bicyclic) bond motifs is 1. The fourth-order valence-electron chi connectivity index (χ4n) is 2.83. The molecule has 0 atom stereocenters. The van der Waals surface area contributed by atoms with E-state index in [4.69, 9.17) is 0 Å². The van der Waals surface area contributed by atoms with Crippen molar-refractivity contribution in [2.75, 3.05) is 5.32 Å². The molecule has 5 nitrogen and oxygen atoms in total. The second kappa shape index (κ2) is 6.72. The van der Waals surface area contributed by atoms with Gasteiger partial charge in [0.1, 0.15) is 5.65 Å². The van der Waals surface area contributed by atoms with Crippen LogP contribution in [0, 0.1) is 13.8 Å². The van der Waals surface area contributed by atoms with E-state index in [-0.39, 0.29) is 5.56 Å². The van der Waals surface area contributed by atoms with Gasteiger partial charge in [-0.2, -0.15) is 0 Å². The molecule has 0 fully saturated rings. The van der Waals surface area contributed by atoms with Crippen LogP contribution in [0.2, 0.25) is 0 Å². The van der Waals surface area contributed by atoms with Gasteiger partial charge in [-0.1, -0.05) is 18.2 Å². The summed E-state index contributed by atoms with van der Waals surface area (Å²) in [4.78, 5) is 21.4. The normalized spacial score (nSPS) is 11.0. The van der Waals surface area contributed by atoms with Gasteiger partial charge in [0.25, 0.3) is 5.56 Å². The highest BCUT2D eigenvalue weighted by atomic mass is 32.1. The number of thiazole rings is 1. The molecule has 0 aliphatic heterocycles. The second-order valence-electron chi connectivity index (χ2n) is 6.21. The van der Waals surface area contributed by atoms with Crippen molar-refractivity contribution in [1.82, 2.24) is 14.4 Å². The van der Waals surface area contributed by atoms with Crippen LogP contribution in [0.1, 0.15) is 16.3 Å². The molecule has 3 heterocycles. The molecule has 0 aliphatic carbocycles. The highest BCUT2D eigenvalue weighted by Crippen LogP contribution is 2.24. The number of nitrogens with zero attached hydrogens (tertiary/aromatic N) is 3. The van der Waals surface area contributed by atoms with Crippen LogP contribution in [0.25, 0.3) is 16.9 Å². The van der Waals surface area contributed by atoms with Gasteiger partial charge in [-0.3, -0.25) is 9.20 Å². The molecule has 0 bridgehead atoms. The lowest BCUT2D eigenvalue weighted by Gasteiger charge is -2.09. The molecule has 1 aromatic carbocycles. The molecule has 0 unspecified atom stereocenters. The number of benzene rings is 1. The lowest BCUT2D eigenvalue weighted by atomic mass is 10.1. The highest BCUT2D eigenvalue weighted by molar-refractivity contribution is 7.09. The molecule has 0 amide bonds. The SMILES string of the molecule is Cc1ccc2nc(CNc3cccc(-c4csc(C)n4)c3)cc(=O)n2c1. The lowest BCUT2D eigenvalue weighted by molar-refractivity contribution is 0.965. The van der Waals surface area contributed by atoms with Crippen molar-refractivity contribution >= 4 is 22.7 Å². The van der Waals surface area contributed by atoms with E-state index < -0.39 is 0 Å². The number of aryl methyl sites for hydroxylation is 2. The van der Waals surface area contributed by atoms with Crippen molar-refractivity contribution in [2.45, 2.75) is 20.4 Å². The molecule has 0 saturated carbocycles. The first-order valence-corrected chi connectivity index (χ1v) is 9.22. The minimum absolute atomic E-state index is 0.0674. The summed E-state index contributed by atoms with van der Waals surface area (Å²) in [5.41, 5.74) is 5.36. The smallest absolute Gasteiger partial charge is 0.258 e. The highest BCUT2D eigenvalue weighted by Gasteiger charge is 2.05. The molecule has 4 rings (SSSR count). The Hall–Kier alpha value is -2.99. The topological polar surface area (TPSA) is 59.3 Å². The third kappa shape index (κ3) is 3.36. The van der Waals surface area contributed by atoms with E-state index >= 15 is 0 Å². The number of anilines is 1. The van der Waals surface area contributed by atoms with Crippen LogP contribution in [0.4, 0.5) is 5.69 Å². The van der Waals surface area contributed by atoms with Gasteiger partial charge >= 0.3 is 0 Å². The largest absolute Gasteiger partial charge is 0.379 e. The number of hydrogen-bond acceptors (Lipinski definition) is 5. The predicted molar refractivity (Wildman–Crippen MR) is 106 cm³/mol. The van der Waals surface area contributed by atoms with Crippen molar-refractivity contribution < 1.29 is 0 Å². The van der Waals surface area contributed by atoms with E-state index in [0.29, 0.717) is 17.9 Å². The zero-order chi connectivity index (χ0) is 18.1. The first kappa shape index (κ1) is 16.5. The Bertz CT molecular complexity index is 1150. The van der Waals surface area contributed by atoms with E-state index in [1.165, 1.54) is 0 Å². The fraction of sp³-hybridized carbons (Fsp3) is 0.150. The average molecular weight is 362 g/mol. The molecule has 0 spiro atoms. The molecule has 4 aromatic rings. The standard InChI is InChI=1S/C20H18N4OS/c1-13-6-7-19-23-17(9-20(25)24(19)11-13)10-21-16-5-3-4-15(8-16)18-12-26-14(2)22-18/h3-9,11-12,21H,10H2,1-2H3. The maximum atomic E-state index is 12.3. The quantitative estimate of drug-likeness (QED) is 0.595. The molecule has 26 heavy (non-hydrogen) atoms. The van der Waals surface area contributed by atoms with E-state index in [0.717, 1.165) is 27.5 Å². The summed E-state index contributed by atoms with van der Waals surface area (Å²) in [5, 5.41) is 6.45. The van der Waals surface area contributed by atoms with Crippen molar-refractivity contribution in [1.29, 1.82) is 0 Å². The Morgan fingerprint density at radius 2 is 2.00 bits per heavy atom. The second-order valence-corrected chi connectivity index (χ2v) is 7.27. The number of pyridine rings is 1. The zero-order valence-corrected chi connectivity index (χ0v) is 15.4. The number of aromatic nitrogens is 3. The predicted octanol–water partition coefficient (Wildman–Crippen LogP) is 4.05. The summed E-state index contributed by atoms with van der Waals surface area (Å²) >= 11 is 1.64.